The van der Waals surface area contributed by atoms with Gasteiger partial charge in [0.2, 0.25) is 0 Å². The summed E-state index contributed by atoms with van der Waals surface area (Å²) in [5, 5.41) is 3.35. The Morgan fingerprint density at radius 2 is 1.75 bits per heavy atom. The number of rotatable bonds is 8. The molecular weight excluding hydrogens is 146 g/mol. The lowest BCUT2D eigenvalue weighted by Crippen LogP contribution is -2.13. The zero-order chi connectivity index (χ0) is 9.23. The molecule has 0 fully saturated rings. The second-order valence-electron chi connectivity index (χ2n) is 3.95. The fourth-order valence-electron chi connectivity index (χ4n) is 1.33. The molecule has 1 N–H and O–H groups in total. The minimum Gasteiger partial charge on any atom is -0.317 e. The molecule has 0 saturated carbocycles. The highest BCUT2D eigenvalue weighted by atomic mass is 14.8. The molecule has 0 rings (SSSR count). The van der Waals surface area contributed by atoms with Gasteiger partial charge in [-0.3, -0.25) is 0 Å². The highest BCUT2D eigenvalue weighted by Crippen LogP contribution is 2.08. The molecule has 0 aliphatic carbocycles. The maximum atomic E-state index is 3.35. The topological polar surface area (TPSA) is 12.0 Å². The van der Waals surface area contributed by atoms with Gasteiger partial charge >= 0.3 is 0 Å². The first-order valence-corrected chi connectivity index (χ1v) is 5.48. The first-order chi connectivity index (χ1) is 5.77. The molecule has 0 spiro atoms. The predicted octanol–water partition coefficient (Wildman–Crippen LogP) is 3.45. The zero-order valence-electron chi connectivity index (χ0n) is 9.03. The summed E-state index contributed by atoms with van der Waals surface area (Å²) in [6, 6.07) is 0. The SMILES string of the molecule is CCNCCCCCCC(C)C.[HH]. The van der Waals surface area contributed by atoms with E-state index in [1.165, 1.54) is 38.6 Å². The van der Waals surface area contributed by atoms with Crippen molar-refractivity contribution in [2.45, 2.75) is 52.9 Å². The highest BCUT2D eigenvalue weighted by Gasteiger charge is 1.93. The highest BCUT2D eigenvalue weighted by molar-refractivity contribution is 4.49. The van der Waals surface area contributed by atoms with E-state index in [4.69, 9.17) is 0 Å². The van der Waals surface area contributed by atoms with Crippen molar-refractivity contribution in [3.8, 4) is 0 Å². The van der Waals surface area contributed by atoms with E-state index in [1.54, 1.807) is 0 Å². The van der Waals surface area contributed by atoms with Gasteiger partial charge in [-0.05, 0) is 25.4 Å². The van der Waals surface area contributed by atoms with Gasteiger partial charge in [-0.2, -0.15) is 0 Å². The van der Waals surface area contributed by atoms with Gasteiger partial charge in [0.25, 0.3) is 0 Å². The average molecular weight is 173 g/mol. The molecule has 0 bridgehead atoms. The van der Waals surface area contributed by atoms with Crippen LogP contribution in [0.1, 0.15) is 54.3 Å². The molecule has 0 aromatic carbocycles. The maximum Gasteiger partial charge on any atom is 0 e. The average Bonchev–Trinajstić information content (AvgIpc) is 2.02. The fourth-order valence-corrected chi connectivity index (χ4v) is 1.33. The van der Waals surface area contributed by atoms with Gasteiger partial charge < -0.3 is 5.32 Å². The number of hydrogen-bond acceptors (Lipinski definition) is 1. The third kappa shape index (κ3) is 9.96. The van der Waals surface area contributed by atoms with E-state index in [0.717, 1.165) is 12.5 Å². The number of nitrogens with one attached hydrogen (secondary N) is 1. The van der Waals surface area contributed by atoms with Gasteiger partial charge in [-0.15, -0.1) is 0 Å². The minimum atomic E-state index is 0. The van der Waals surface area contributed by atoms with Gasteiger partial charge in [0.05, 0.1) is 0 Å². The summed E-state index contributed by atoms with van der Waals surface area (Å²) in [6.07, 6.45) is 7.00. The van der Waals surface area contributed by atoms with Crippen LogP contribution in [0.15, 0.2) is 0 Å². The molecule has 0 amide bonds. The van der Waals surface area contributed by atoms with E-state index >= 15 is 0 Å². The molecule has 0 radical (unpaired) electrons. The lowest BCUT2D eigenvalue weighted by molar-refractivity contribution is 0.514. The Hall–Kier alpha value is -0.0400. The van der Waals surface area contributed by atoms with E-state index in [1.807, 2.05) is 0 Å². The third-order valence-corrected chi connectivity index (χ3v) is 2.14. The minimum absolute atomic E-state index is 0. The Morgan fingerprint density at radius 3 is 2.33 bits per heavy atom. The van der Waals surface area contributed by atoms with Crippen molar-refractivity contribution < 1.29 is 1.43 Å². The molecule has 0 aliphatic heterocycles. The maximum absolute atomic E-state index is 3.35. The van der Waals surface area contributed by atoms with Gasteiger partial charge in [0, 0.05) is 1.43 Å². The zero-order valence-corrected chi connectivity index (χ0v) is 9.03. The molecule has 1 nitrogen and oxygen atoms in total. The quantitative estimate of drug-likeness (QED) is 0.554. The summed E-state index contributed by atoms with van der Waals surface area (Å²) in [4.78, 5) is 0. The van der Waals surface area contributed by atoms with Crippen molar-refractivity contribution in [3.63, 3.8) is 0 Å². The molecule has 0 aromatic rings. The van der Waals surface area contributed by atoms with E-state index in [-0.39, 0.29) is 1.43 Å². The molecule has 0 aliphatic rings. The van der Waals surface area contributed by atoms with Crippen LogP contribution in [-0.4, -0.2) is 13.1 Å². The predicted molar refractivity (Wildman–Crippen MR) is 58.6 cm³/mol. The molecule has 1 heteroatoms. The second-order valence-corrected chi connectivity index (χ2v) is 3.95. The summed E-state index contributed by atoms with van der Waals surface area (Å²) >= 11 is 0. The van der Waals surface area contributed by atoms with Crippen molar-refractivity contribution in [1.82, 2.24) is 5.32 Å². The molecule has 0 saturated heterocycles. The van der Waals surface area contributed by atoms with Gasteiger partial charge in [-0.25, -0.2) is 0 Å². The second kappa shape index (κ2) is 9.05. The van der Waals surface area contributed by atoms with Crippen LogP contribution in [-0.2, 0) is 0 Å². The van der Waals surface area contributed by atoms with Crippen molar-refractivity contribution >= 4 is 0 Å². The Kier molecular flexibility index (Phi) is 9.02. The lowest BCUT2D eigenvalue weighted by Gasteiger charge is -2.04. The van der Waals surface area contributed by atoms with E-state index in [2.05, 4.69) is 26.1 Å². The van der Waals surface area contributed by atoms with E-state index in [9.17, 15) is 0 Å². The van der Waals surface area contributed by atoms with E-state index in [0.29, 0.717) is 0 Å². The van der Waals surface area contributed by atoms with Crippen molar-refractivity contribution in [2.24, 2.45) is 5.92 Å². The summed E-state index contributed by atoms with van der Waals surface area (Å²) < 4.78 is 0. The summed E-state index contributed by atoms with van der Waals surface area (Å²) in [5.41, 5.74) is 0. The van der Waals surface area contributed by atoms with Crippen molar-refractivity contribution in [3.05, 3.63) is 0 Å². The molecule has 0 aromatic heterocycles. The molecule has 76 valence electrons. The standard InChI is InChI=1S/C11H25N.H2/c1-4-12-10-8-6-5-7-9-11(2)3;/h11-12H,4-10H2,1-3H3;1H. The normalized spacial score (nSPS) is 11.0. The van der Waals surface area contributed by atoms with Crippen LogP contribution in [0.4, 0.5) is 0 Å². The molecular formula is C11H27N. The number of unbranched alkanes of at least 4 members (excludes halogenated alkanes) is 3. The molecule has 0 unspecified atom stereocenters. The van der Waals surface area contributed by atoms with Crippen LogP contribution in [0.25, 0.3) is 0 Å². The first kappa shape index (κ1) is 12.0. The monoisotopic (exact) mass is 173 g/mol. The Morgan fingerprint density at radius 1 is 1.08 bits per heavy atom. The van der Waals surface area contributed by atoms with E-state index < -0.39 is 0 Å². The first-order valence-electron chi connectivity index (χ1n) is 5.48. The molecule has 12 heavy (non-hydrogen) atoms. The third-order valence-electron chi connectivity index (χ3n) is 2.14. The fraction of sp³-hybridized carbons (Fsp3) is 1.00. The van der Waals surface area contributed by atoms with Crippen LogP contribution in [0.2, 0.25) is 0 Å². The van der Waals surface area contributed by atoms with Crippen LogP contribution in [0.3, 0.4) is 0 Å². The van der Waals surface area contributed by atoms with Gasteiger partial charge in [0.1, 0.15) is 0 Å². The Balaban J connectivity index is 0. The Bertz CT molecular complexity index is 84.2. The Labute approximate surface area is 79.4 Å². The molecule has 0 atom stereocenters. The summed E-state index contributed by atoms with van der Waals surface area (Å²) in [6.45, 7) is 9.10. The van der Waals surface area contributed by atoms with Crippen molar-refractivity contribution in [1.29, 1.82) is 0 Å². The van der Waals surface area contributed by atoms with Gasteiger partial charge in [-0.1, -0.05) is 46.5 Å². The summed E-state index contributed by atoms with van der Waals surface area (Å²) in [5.74, 6) is 0.888. The van der Waals surface area contributed by atoms with Crippen LogP contribution >= 0.6 is 0 Å². The lowest BCUT2D eigenvalue weighted by atomic mass is 10.0. The molecule has 0 heterocycles. The van der Waals surface area contributed by atoms with Gasteiger partial charge in [0.15, 0.2) is 0 Å². The smallest absolute Gasteiger partial charge is 0 e. The van der Waals surface area contributed by atoms with Crippen LogP contribution in [0, 0.1) is 5.92 Å². The summed E-state index contributed by atoms with van der Waals surface area (Å²) in [7, 11) is 0. The van der Waals surface area contributed by atoms with Crippen LogP contribution in [0.5, 0.6) is 0 Å². The van der Waals surface area contributed by atoms with Crippen molar-refractivity contribution in [2.75, 3.05) is 13.1 Å². The van der Waals surface area contributed by atoms with Crippen LogP contribution < -0.4 is 5.32 Å². The number of hydrogen-bond donors (Lipinski definition) is 1. The largest absolute Gasteiger partial charge is 0.317 e.